The molecule has 2 N–H and O–H groups in total. The Morgan fingerprint density at radius 3 is 2.89 bits per heavy atom. The molecule has 3 rings (SSSR count). The molecule has 0 atom stereocenters. The lowest BCUT2D eigenvalue weighted by molar-refractivity contribution is 0.563. The summed E-state index contributed by atoms with van der Waals surface area (Å²) in [4.78, 5) is 5.64. The number of hydrogen-bond donors (Lipinski definition) is 1. The number of benzene rings is 1. The van der Waals surface area contributed by atoms with Crippen molar-refractivity contribution in [3.8, 4) is 0 Å². The van der Waals surface area contributed by atoms with Crippen LogP contribution in [0.3, 0.4) is 0 Å². The smallest absolute Gasteiger partial charge is 0.168 e. The maximum Gasteiger partial charge on any atom is 0.168 e. The molecular formula is C14H13F2N3. The SMILES string of the molecule is Nc1cccc2c1CCN(c1ncc(F)cc1F)C2. The number of anilines is 2. The molecule has 0 saturated carbocycles. The van der Waals surface area contributed by atoms with Crippen molar-refractivity contribution < 1.29 is 8.78 Å². The molecule has 0 radical (unpaired) electrons. The minimum atomic E-state index is -0.664. The Labute approximate surface area is 109 Å². The molecule has 0 fully saturated rings. The maximum atomic E-state index is 13.7. The van der Waals surface area contributed by atoms with Crippen molar-refractivity contribution in [2.75, 3.05) is 17.2 Å². The zero-order chi connectivity index (χ0) is 13.4. The van der Waals surface area contributed by atoms with Gasteiger partial charge in [0.05, 0.1) is 6.20 Å². The highest BCUT2D eigenvalue weighted by Crippen LogP contribution is 2.28. The molecule has 0 amide bonds. The Hall–Kier alpha value is -2.17. The van der Waals surface area contributed by atoms with E-state index >= 15 is 0 Å². The lowest BCUT2D eigenvalue weighted by Crippen LogP contribution is -2.32. The van der Waals surface area contributed by atoms with Crippen LogP contribution in [0, 0.1) is 11.6 Å². The summed E-state index contributed by atoms with van der Waals surface area (Å²) in [5, 5.41) is 0. The fourth-order valence-corrected chi connectivity index (χ4v) is 2.46. The third kappa shape index (κ3) is 2.12. The van der Waals surface area contributed by atoms with Crippen molar-refractivity contribution in [1.82, 2.24) is 4.98 Å². The van der Waals surface area contributed by atoms with E-state index in [9.17, 15) is 8.78 Å². The summed E-state index contributed by atoms with van der Waals surface area (Å²) in [7, 11) is 0. The van der Waals surface area contributed by atoms with Gasteiger partial charge in [0.15, 0.2) is 11.6 Å². The van der Waals surface area contributed by atoms with Gasteiger partial charge in [-0.15, -0.1) is 0 Å². The molecule has 1 aromatic heterocycles. The van der Waals surface area contributed by atoms with Gasteiger partial charge in [0.2, 0.25) is 0 Å². The fraction of sp³-hybridized carbons (Fsp3) is 0.214. The molecule has 0 saturated heterocycles. The first kappa shape index (κ1) is 11.9. The molecule has 2 heterocycles. The Bertz CT molecular complexity index is 628. The zero-order valence-electron chi connectivity index (χ0n) is 10.2. The van der Waals surface area contributed by atoms with E-state index in [0.717, 1.165) is 35.5 Å². The van der Waals surface area contributed by atoms with Gasteiger partial charge in [-0.25, -0.2) is 13.8 Å². The van der Waals surface area contributed by atoms with E-state index in [1.165, 1.54) is 0 Å². The quantitative estimate of drug-likeness (QED) is 0.802. The van der Waals surface area contributed by atoms with Gasteiger partial charge < -0.3 is 10.6 Å². The van der Waals surface area contributed by atoms with Crippen LogP contribution in [0.25, 0.3) is 0 Å². The van der Waals surface area contributed by atoms with Crippen LogP contribution in [-0.4, -0.2) is 11.5 Å². The van der Waals surface area contributed by atoms with Crippen molar-refractivity contribution in [2.24, 2.45) is 0 Å². The van der Waals surface area contributed by atoms with E-state index in [1.54, 1.807) is 4.90 Å². The van der Waals surface area contributed by atoms with Gasteiger partial charge in [-0.3, -0.25) is 0 Å². The van der Waals surface area contributed by atoms with Gasteiger partial charge in [-0.05, 0) is 23.6 Å². The number of nitrogens with zero attached hydrogens (tertiary/aromatic N) is 2. The van der Waals surface area contributed by atoms with Crippen LogP contribution >= 0.6 is 0 Å². The Balaban J connectivity index is 1.93. The van der Waals surface area contributed by atoms with Gasteiger partial charge in [-0.1, -0.05) is 12.1 Å². The third-order valence-corrected chi connectivity index (χ3v) is 3.39. The molecule has 0 unspecified atom stereocenters. The molecule has 0 bridgehead atoms. The second-order valence-corrected chi connectivity index (χ2v) is 4.62. The Morgan fingerprint density at radius 1 is 1.26 bits per heavy atom. The van der Waals surface area contributed by atoms with Crippen LogP contribution < -0.4 is 10.6 Å². The van der Waals surface area contributed by atoms with Crippen LogP contribution in [0.5, 0.6) is 0 Å². The van der Waals surface area contributed by atoms with Crippen molar-refractivity contribution in [3.05, 3.63) is 53.2 Å². The zero-order valence-corrected chi connectivity index (χ0v) is 10.2. The Morgan fingerprint density at radius 2 is 2.11 bits per heavy atom. The minimum Gasteiger partial charge on any atom is -0.398 e. The number of halogens is 2. The van der Waals surface area contributed by atoms with Gasteiger partial charge in [0, 0.05) is 24.8 Å². The van der Waals surface area contributed by atoms with E-state index in [4.69, 9.17) is 5.73 Å². The number of rotatable bonds is 1. The van der Waals surface area contributed by atoms with Crippen molar-refractivity contribution >= 4 is 11.5 Å². The largest absolute Gasteiger partial charge is 0.398 e. The summed E-state index contributed by atoms with van der Waals surface area (Å²) < 4.78 is 26.6. The summed E-state index contributed by atoms with van der Waals surface area (Å²) >= 11 is 0. The van der Waals surface area contributed by atoms with E-state index in [0.29, 0.717) is 13.1 Å². The molecule has 0 spiro atoms. The first-order valence-corrected chi connectivity index (χ1v) is 6.07. The van der Waals surface area contributed by atoms with Gasteiger partial charge in [0.1, 0.15) is 5.82 Å². The van der Waals surface area contributed by atoms with Gasteiger partial charge in [-0.2, -0.15) is 0 Å². The average Bonchev–Trinajstić information content (AvgIpc) is 2.38. The summed E-state index contributed by atoms with van der Waals surface area (Å²) in [5.74, 6) is -1.11. The molecule has 3 nitrogen and oxygen atoms in total. The van der Waals surface area contributed by atoms with E-state index in [2.05, 4.69) is 4.98 Å². The molecule has 1 aliphatic heterocycles. The van der Waals surface area contributed by atoms with Crippen molar-refractivity contribution in [1.29, 1.82) is 0 Å². The third-order valence-electron chi connectivity index (χ3n) is 3.39. The first-order chi connectivity index (χ1) is 9.15. The Kier molecular flexibility index (Phi) is 2.81. The first-order valence-electron chi connectivity index (χ1n) is 6.07. The summed E-state index contributed by atoms with van der Waals surface area (Å²) in [5.41, 5.74) is 8.86. The lowest BCUT2D eigenvalue weighted by Gasteiger charge is -2.30. The molecule has 1 aromatic carbocycles. The summed E-state index contributed by atoms with van der Waals surface area (Å²) in [6.07, 6.45) is 1.77. The molecule has 5 heteroatoms. The van der Waals surface area contributed by atoms with Crippen molar-refractivity contribution in [3.63, 3.8) is 0 Å². The molecule has 0 aliphatic carbocycles. The van der Waals surface area contributed by atoms with Crippen LogP contribution in [0.2, 0.25) is 0 Å². The topological polar surface area (TPSA) is 42.1 Å². The van der Waals surface area contributed by atoms with E-state index in [-0.39, 0.29) is 5.82 Å². The normalized spacial score (nSPS) is 14.3. The molecule has 2 aromatic rings. The van der Waals surface area contributed by atoms with E-state index in [1.807, 2.05) is 18.2 Å². The number of aromatic nitrogens is 1. The highest BCUT2D eigenvalue weighted by atomic mass is 19.1. The second kappa shape index (κ2) is 4.50. The highest BCUT2D eigenvalue weighted by molar-refractivity contribution is 5.55. The maximum absolute atomic E-state index is 13.7. The fourth-order valence-electron chi connectivity index (χ4n) is 2.46. The highest BCUT2D eigenvalue weighted by Gasteiger charge is 2.21. The van der Waals surface area contributed by atoms with Crippen LogP contribution in [0.1, 0.15) is 11.1 Å². The van der Waals surface area contributed by atoms with E-state index < -0.39 is 11.6 Å². The van der Waals surface area contributed by atoms with Crippen LogP contribution in [0.15, 0.2) is 30.5 Å². The molecular weight excluding hydrogens is 248 g/mol. The number of pyridine rings is 1. The number of nitrogens with two attached hydrogens (primary N) is 1. The van der Waals surface area contributed by atoms with Gasteiger partial charge >= 0.3 is 0 Å². The second-order valence-electron chi connectivity index (χ2n) is 4.62. The lowest BCUT2D eigenvalue weighted by atomic mass is 9.98. The summed E-state index contributed by atoms with van der Waals surface area (Å²) in [6, 6.07) is 6.58. The van der Waals surface area contributed by atoms with Gasteiger partial charge in [0.25, 0.3) is 0 Å². The number of fused-ring (bicyclic) bond motifs is 1. The number of hydrogen-bond acceptors (Lipinski definition) is 3. The average molecular weight is 261 g/mol. The van der Waals surface area contributed by atoms with Crippen LogP contribution in [0.4, 0.5) is 20.3 Å². The molecule has 98 valence electrons. The summed E-state index contributed by atoms with van der Waals surface area (Å²) in [6.45, 7) is 1.16. The minimum absolute atomic E-state index is 0.189. The van der Waals surface area contributed by atoms with Crippen LogP contribution in [-0.2, 0) is 13.0 Å². The standard InChI is InChI=1S/C14H13F2N3/c15-10-6-12(16)14(18-7-10)19-5-4-11-9(8-19)2-1-3-13(11)17/h1-3,6-7H,4-5,8,17H2. The molecule has 1 aliphatic rings. The number of nitrogen functional groups attached to an aromatic ring is 1. The predicted molar refractivity (Wildman–Crippen MR) is 69.8 cm³/mol. The predicted octanol–water partition coefficient (Wildman–Crippen LogP) is 2.50. The monoisotopic (exact) mass is 261 g/mol. The van der Waals surface area contributed by atoms with Crippen molar-refractivity contribution in [2.45, 2.75) is 13.0 Å². The molecule has 19 heavy (non-hydrogen) atoms.